The van der Waals surface area contributed by atoms with Crippen molar-refractivity contribution in [2.75, 3.05) is 5.73 Å². The fourth-order valence-electron chi connectivity index (χ4n) is 1.37. The van der Waals surface area contributed by atoms with Crippen molar-refractivity contribution in [3.63, 3.8) is 0 Å². The average Bonchev–Trinajstić information content (AvgIpc) is 2.20. The van der Waals surface area contributed by atoms with Crippen molar-refractivity contribution < 1.29 is 9.50 Å². The highest BCUT2D eigenvalue weighted by Gasteiger charge is 2.07. The van der Waals surface area contributed by atoms with E-state index >= 15 is 0 Å². The molecule has 0 unspecified atom stereocenters. The summed E-state index contributed by atoms with van der Waals surface area (Å²) in [6.45, 7) is 1.78. The molecule has 1 aromatic carbocycles. The highest BCUT2D eigenvalue weighted by Crippen LogP contribution is 2.22. The summed E-state index contributed by atoms with van der Waals surface area (Å²) in [5.41, 5.74) is 6.75. The Bertz CT molecular complexity index is 522. The molecule has 82 valence electrons. The van der Waals surface area contributed by atoms with Crippen LogP contribution in [-0.2, 0) is 0 Å². The van der Waals surface area contributed by atoms with Crippen LogP contribution in [0.25, 0.3) is 11.4 Å². The lowest BCUT2D eigenvalue weighted by atomic mass is 10.2. The Morgan fingerprint density at radius 2 is 2.00 bits per heavy atom. The molecule has 0 saturated carbocycles. The summed E-state index contributed by atoms with van der Waals surface area (Å²) < 4.78 is 13.1. The Morgan fingerprint density at radius 1 is 1.25 bits per heavy atom. The number of nitrogens with two attached hydrogens (primary N) is 1. The fourth-order valence-corrected chi connectivity index (χ4v) is 1.37. The van der Waals surface area contributed by atoms with Crippen LogP contribution in [0.3, 0.4) is 0 Å². The van der Waals surface area contributed by atoms with Gasteiger partial charge in [-0.2, -0.15) is 0 Å². The number of phenolic OH excluding ortho intramolecular Hbond substituents is 1. The van der Waals surface area contributed by atoms with Crippen molar-refractivity contribution in [3.8, 4) is 17.1 Å². The summed E-state index contributed by atoms with van der Waals surface area (Å²) >= 11 is 0. The first kappa shape index (κ1) is 10.4. The number of anilines is 1. The van der Waals surface area contributed by atoms with E-state index in [0.717, 1.165) is 0 Å². The number of phenols is 1. The molecule has 0 amide bonds. The summed E-state index contributed by atoms with van der Waals surface area (Å²) in [6.07, 6.45) is 0. The van der Waals surface area contributed by atoms with E-state index in [2.05, 4.69) is 9.97 Å². The smallest absolute Gasteiger partial charge is 0.165 e. The largest absolute Gasteiger partial charge is 0.505 e. The minimum Gasteiger partial charge on any atom is -0.505 e. The summed E-state index contributed by atoms with van der Waals surface area (Å²) in [5, 5.41) is 9.06. The second-order valence-electron chi connectivity index (χ2n) is 3.42. The van der Waals surface area contributed by atoms with Gasteiger partial charge in [-0.1, -0.05) is 0 Å². The van der Waals surface area contributed by atoms with E-state index in [1.54, 1.807) is 13.0 Å². The SMILES string of the molecule is Cc1cc(N)nc(-c2ccc(O)c(F)c2)n1. The summed E-state index contributed by atoms with van der Waals surface area (Å²) in [5.74, 6) is -0.432. The van der Waals surface area contributed by atoms with Gasteiger partial charge in [0.1, 0.15) is 5.82 Å². The quantitative estimate of drug-likeness (QED) is 0.768. The summed E-state index contributed by atoms with van der Waals surface area (Å²) in [6, 6.07) is 5.59. The van der Waals surface area contributed by atoms with Gasteiger partial charge in [0, 0.05) is 17.3 Å². The molecule has 2 aromatic rings. The average molecular weight is 219 g/mol. The first-order valence-corrected chi connectivity index (χ1v) is 4.66. The lowest BCUT2D eigenvalue weighted by Crippen LogP contribution is -1.97. The van der Waals surface area contributed by atoms with Gasteiger partial charge in [-0.15, -0.1) is 0 Å². The monoisotopic (exact) mass is 219 g/mol. The molecule has 5 heteroatoms. The second-order valence-corrected chi connectivity index (χ2v) is 3.42. The third kappa shape index (κ3) is 1.93. The maximum absolute atomic E-state index is 13.1. The molecule has 0 atom stereocenters. The van der Waals surface area contributed by atoms with E-state index in [1.807, 2.05) is 0 Å². The number of aromatic hydroxyl groups is 1. The highest BCUT2D eigenvalue weighted by molar-refractivity contribution is 5.58. The number of aryl methyl sites for hydroxylation is 1. The number of rotatable bonds is 1. The first-order valence-electron chi connectivity index (χ1n) is 4.66. The molecule has 1 heterocycles. The molecule has 0 saturated heterocycles. The van der Waals surface area contributed by atoms with Crippen molar-refractivity contribution in [3.05, 3.63) is 35.8 Å². The highest BCUT2D eigenvalue weighted by atomic mass is 19.1. The van der Waals surface area contributed by atoms with Gasteiger partial charge in [0.05, 0.1) is 0 Å². The number of benzene rings is 1. The molecule has 0 aliphatic rings. The maximum atomic E-state index is 13.1. The Kier molecular flexibility index (Phi) is 2.44. The van der Waals surface area contributed by atoms with E-state index in [1.165, 1.54) is 18.2 Å². The third-order valence-electron chi connectivity index (χ3n) is 2.08. The Balaban J connectivity index is 2.54. The van der Waals surface area contributed by atoms with Crippen LogP contribution in [0.2, 0.25) is 0 Å². The van der Waals surface area contributed by atoms with Crippen molar-refractivity contribution in [2.24, 2.45) is 0 Å². The molecule has 0 bridgehead atoms. The van der Waals surface area contributed by atoms with Crippen molar-refractivity contribution >= 4 is 5.82 Å². The van der Waals surface area contributed by atoms with Crippen LogP contribution in [0, 0.1) is 12.7 Å². The van der Waals surface area contributed by atoms with Gasteiger partial charge in [0.25, 0.3) is 0 Å². The molecule has 16 heavy (non-hydrogen) atoms. The second kappa shape index (κ2) is 3.77. The standard InChI is InChI=1S/C11H10FN3O/c1-6-4-10(13)15-11(14-6)7-2-3-9(16)8(12)5-7/h2-5,16H,1H3,(H2,13,14,15). The number of aromatic nitrogens is 2. The lowest BCUT2D eigenvalue weighted by molar-refractivity contribution is 0.432. The van der Waals surface area contributed by atoms with Gasteiger partial charge in [-0.3, -0.25) is 0 Å². The van der Waals surface area contributed by atoms with Crippen LogP contribution in [-0.4, -0.2) is 15.1 Å². The first-order chi connectivity index (χ1) is 7.56. The zero-order valence-electron chi connectivity index (χ0n) is 8.61. The third-order valence-corrected chi connectivity index (χ3v) is 2.08. The number of nitrogens with zero attached hydrogens (tertiary/aromatic N) is 2. The number of hydrogen-bond donors (Lipinski definition) is 2. The number of nitrogen functional groups attached to an aromatic ring is 1. The van der Waals surface area contributed by atoms with Crippen LogP contribution in [0.4, 0.5) is 10.2 Å². The van der Waals surface area contributed by atoms with Gasteiger partial charge >= 0.3 is 0 Å². The van der Waals surface area contributed by atoms with E-state index in [9.17, 15) is 4.39 Å². The van der Waals surface area contributed by atoms with Crippen molar-refractivity contribution in [1.29, 1.82) is 0 Å². The molecule has 2 rings (SSSR count). The van der Waals surface area contributed by atoms with Crippen LogP contribution in [0.15, 0.2) is 24.3 Å². The molecular weight excluding hydrogens is 209 g/mol. The minimum atomic E-state index is -0.707. The molecule has 4 nitrogen and oxygen atoms in total. The molecule has 1 aromatic heterocycles. The Morgan fingerprint density at radius 3 is 2.62 bits per heavy atom. The Hall–Kier alpha value is -2.17. The summed E-state index contributed by atoms with van der Waals surface area (Å²) in [7, 11) is 0. The molecule has 0 radical (unpaired) electrons. The van der Waals surface area contributed by atoms with Crippen LogP contribution < -0.4 is 5.73 Å². The number of hydrogen-bond acceptors (Lipinski definition) is 4. The molecule has 0 aliphatic carbocycles. The van der Waals surface area contributed by atoms with Gasteiger partial charge in [0.2, 0.25) is 0 Å². The molecule has 0 fully saturated rings. The zero-order valence-corrected chi connectivity index (χ0v) is 8.61. The fraction of sp³-hybridized carbons (Fsp3) is 0.0909. The molecule has 0 spiro atoms. The Labute approximate surface area is 91.6 Å². The molecular formula is C11H10FN3O. The van der Waals surface area contributed by atoms with Crippen LogP contribution >= 0.6 is 0 Å². The van der Waals surface area contributed by atoms with Crippen LogP contribution in [0.1, 0.15) is 5.69 Å². The van der Waals surface area contributed by atoms with Gasteiger partial charge in [-0.25, -0.2) is 14.4 Å². The molecule has 0 aliphatic heterocycles. The van der Waals surface area contributed by atoms with Crippen molar-refractivity contribution in [1.82, 2.24) is 9.97 Å². The summed E-state index contributed by atoms with van der Waals surface area (Å²) in [4.78, 5) is 8.13. The van der Waals surface area contributed by atoms with E-state index in [4.69, 9.17) is 10.8 Å². The normalized spacial score (nSPS) is 10.4. The lowest BCUT2D eigenvalue weighted by Gasteiger charge is -2.03. The van der Waals surface area contributed by atoms with Crippen LogP contribution in [0.5, 0.6) is 5.75 Å². The topological polar surface area (TPSA) is 72.0 Å². The predicted octanol–water partition coefficient (Wildman–Crippen LogP) is 1.88. The maximum Gasteiger partial charge on any atom is 0.165 e. The minimum absolute atomic E-state index is 0.330. The zero-order chi connectivity index (χ0) is 11.7. The van der Waals surface area contributed by atoms with Crippen molar-refractivity contribution in [2.45, 2.75) is 6.92 Å². The van der Waals surface area contributed by atoms with E-state index in [0.29, 0.717) is 22.9 Å². The predicted molar refractivity (Wildman–Crippen MR) is 58.2 cm³/mol. The number of halogens is 1. The van der Waals surface area contributed by atoms with E-state index < -0.39 is 11.6 Å². The van der Waals surface area contributed by atoms with E-state index in [-0.39, 0.29) is 0 Å². The van der Waals surface area contributed by atoms with Gasteiger partial charge in [0.15, 0.2) is 17.4 Å². The molecule has 3 N–H and O–H groups in total. The van der Waals surface area contributed by atoms with Gasteiger partial charge < -0.3 is 10.8 Å². The van der Waals surface area contributed by atoms with Gasteiger partial charge in [-0.05, 0) is 25.1 Å².